The molecule has 0 saturated heterocycles. The van der Waals surface area contributed by atoms with Crippen LogP contribution in [0.2, 0.25) is 5.02 Å². The van der Waals surface area contributed by atoms with Gasteiger partial charge >= 0.3 is 0 Å². The standard InChI is InChI=1S/C13H16ClN5/c1-8-5-3-4-6-10(8)9(2)17-12-11(14)7-16-13(18-12)19-15/h3-7,9H,15H2,1-2H3,(H2,16,17,18,19). The number of nitrogen functional groups attached to an aromatic ring is 1. The third-order valence-electron chi connectivity index (χ3n) is 2.88. The highest BCUT2D eigenvalue weighted by Crippen LogP contribution is 2.25. The van der Waals surface area contributed by atoms with Crippen LogP contribution in [-0.2, 0) is 0 Å². The Labute approximate surface area is 117 Å². The highest BCUT2D eigenvalue weighted by molar-refractivity contribution is 6.32. The zero-order valence-corrected chi connectivity index (χ0v) is 11.6. The normalized spacial score (nSPS) is 12.0. The largest absolute Gasteiger partial charge is 0.362 e. The van der Waals surface area contributed by atoms with Crippen LogP contribution in [0.3, 0.4) is 0 Å². The van der Waals surface area contributed by atoms with Crippen molar-refractivity contribution < 1.29 is 0 Å². The van der Waals surface area contributed by atoms with Crippen LogP contribution < -0.4 is 16.6 Å². The summed E-state index contributed by atoms with van der Waals surface area (Å²) in [5.74, 6) is 6.17. The molecule has 0 radical (unpaired) electrons. The lowest BCUT2D eigenvalue weighted by Crippen LogP contribution is -2.14. The van der Waals surface area contributed by atoms with Crippen LogP contribution in [0.1, 0.15) is 24.1 Å². The Morgan fingerprint density at radius 3 is 2.74 bits per heavy atom. The van der Waals surface area contributed by atoms with Gasteiger partial charge in [-0.3, -0.25) is 5.43 Å². The summed E-state index contributed by atoms with van der Waals surface area (Å²) in [5, 5.41) is 3.72. The molecule has 0 aliphatic rings. The Morgan fingerprint density at radius 1 is 1.32 bits per heavy atom. The van der Waals surface area contributed by atoms with Gasteiger partial charge in [-0.2, -0.15) is 4.98 Å². The van der Waals surface area contributed by atoms with E-state index < -0.39 is 0 Å². The van der Waals surface area contributed by atoms with Gasteiger partial charge in [-0.1, -0.05) is 35.9 Å². The van der Waals surface area contributed by atoms with E-state index in [0.717, 1.165) is 0 Å². The zero-order chi connectivity index (χ0) is 13.8. The fourth-order valence-electron chi connectivity index (χ4n) is 1.89. The Hall–Kier alpha value is -1.85. The van der Waals surface area contributed by atoms with Crippen LogP contribution in [-0.4, -0.2) is 9.97 Å². The summed E-state index contributed by atoms with van der Waals surface area (Å²) < 4.78 is 0. The lowest BCUT2D eigenvalue weighted by atomic mass is 10.0. The molecule has 5 nitrogen and oxygen atoms in total. The predicted molar refractivity (Wildman–Crippen MR) is 78.1 cm³/mol. The number of benzene rings is 1. The summed E-state index contributed by atoms with van der Waals surface area (Å²) in [7, 11) is 0. The van der Waals surface area contributed by atoms with Crippen molar-refractivity contribution in [2.24, 2.45) is 5.84 Å². The van der Waals surface area contributed by atoms with Gasteiger partial charge in [0.1, 0.15) is 5.02 Å². The molecule has 1 unspecified atom stereocenters. The van der Waals surface area contributed by atoms with Gasteiger partial charge in [0, 0.05) is 0 Å². The number of aryl methyl sites for hydroxylation is 1. The summed E-state index contributed by atoms with van der Waals surface area (Å²) >= 11 is 6.07. The second kappa shape index (κ2) is 5.86. The number of halogens is 1. The molecule has 0 spiro atoms. The fourth-order valence-corrected chi connectivity index (χ4v) is 2.04. The smallest absolute Gasteiger partial charge is 0.239 e. The number of anilines is 2. The lowest BCUT2D eigenvalue weighted by Gasteiger charge is -2.18. The molecule has 1 heterocycles. The van der Waals surface area contributed by atoms with Crippen molar-refractivity contribution >= 4 is 23.4 Å². The Morgan fingerprint density at radius 2 is 2.05 bits per heavy atom. The maximum Gasteiger partial charge on any atom is 0.239 e. The first-order chi connectivity index (χ1) is 9.11. The first-order valence-corrected chi connectivity index (χ1v) is 6.31. The molecule has 0 amide bonds. The summed E-state index contributed by atoms with van der Waals surface area (Å²) in [6.45, 7) is 4.12. The van der Waals surface area contributed by atoms with Crippen LogP contribution in [0, 0.1) is 6.92 Å². The molecular formula is C13H16ClN5. The van der Waals surface area contributed by atoms with Gasteiger partial charge in [-0.05, 0) is 25.0 Å². The molecule has 6 heteroatoms. The minimum Gasteiger partial charge on any atom is -0.362 e. The average Bonchev–Trinajstić information content (AvgIpc) is 2.41. The maximum atomic E-state index is 6.07. The van der Waals surface area contributed by atoms with Crippen LogP contribution in [0.15, 0.2) is 30.5 Å². The molecule has 2 aromatic rings. The van der Waals surface area contributed by atoms with Crippen molar-refractivity contribution in [2.75, 3.05) is 10.7 Å². The van der Waals surface area contributed by atoms with E-state index in [9.17, 15) is 0 Å². The zero-order valence-electron chi connectivity index (χ0n) is 10.8. The van der Waals surface area contributed by atoms with Crippen LogP contribution in [0.4, 0.5) is 11.8 Å². The van der Waals surface area contributed by atoms with Crippen molar-refractivity contribution in [1.29, 1.82) is 0 Å². The number of hydrogen-bond donors (Lipinski definition) is 3. The molecule has 1 atom stereocenters. The van der Waals surface area contributed by atoms with Gasteiger partial charge in [-0.25, -0.2) is 10.8 Å². The van der Waals surface area contributed by atoms with E-state index in [-0.39, 0.29) is 6.04 Å². The number of rotatable bonds is 4. The quantitative estimate of drug-likeness (QED) is 0.592. The van der Waals surface area contributed by atoms with E-state index in [2.05, 4.69) is 46.7 Å². The first-order valence-electron chi connectivity index (χ1n) is 5.93. The van der Waals surface area contributed by atoms with Crippen molar-refractivity contribution in [2.45, 2.75) is 19.9 Å². The number of hydrazine groups is 1. The maximum absolute atomic E-state index is 6.07. The highest BCUT2D eigenvalue weighted by atomic mass is 35.5. The van der Waals surface area contributed by atoms with Gasteiger partial charge in [0.15, 0.2) is 5.82 Å². The van der Waals surface area contributed by atoms with Crippen molar-refractivity contribution in [3.8, 4) is 0 Å². The van der Waals surface area contributed by atoms with Gasteiger partial charge in [-0.15, -0.1) is 0 Å². The topological polar surface area (TPSA) is 75.9 Å². The monoisotopic (exact) mass is 277 g/mol. The van der Waals surface area contributed by atoms with Crippen LogP contribution >= 0.6 is 11.6 Å². The first kappa shape index (κ1) is 13.6. The molecule has 100 valence electrons. The SMILES string of the molecule is Cc1ccccc1C(C)Nc1nc(NN)ncc1Cl. The fraction of sp³-hybridized carbons (Fsp3) is 0.231. The predicted octanol–water partition coefficient (Wildman–Crippen LogP) is 2.90. The van der Waals surface area contributed by atoms with E-state index in [1.54, 1.807) is 0 Å². The van der Waals surface area contributed by atoms with Crippen molar-refractivity contribution in [3.05, 3.63) is 46.6 Å². The van der Waals surface area contributed by atoms with Crippen molar-refractivity contribution in [1.82, 2.24) is 9.97 Å². The minimum atomic E-state index is 0.0826. The highest BCUT2D eigenvalue weighted by Gasteiger charge is 2.11. The molecule has 0 aliphatic heterocycles. The average molecular weight is 278 g/mol. The second-order valence-corrected chi connectivity index (χ2v) is 4.66. The molecule has 1 aromatic heterocycles. The van der Waals surface area contributed by atoms with E-state index >= 15 is 0 Å². The second-order valence-electron chi connectivity index (χ2n) is 4.26. The molecule has 0 aliphatic carbocycles. The third kappa shape index (κ3) is 3.13. The number of aromatic nitrogens is 2. The lowest BCUT2D eigenvalue weighted by molar-refractivity contribution is 0.862. The number of nitrogens with one attached hydrogen (secondary N) is 2. The molecule has 1 aromatic carbocycles. The third-order valence-corrected chi connectivity index (χ3v) is 3.16. The number of nitrogens with two attached hydrogens (primary N) is 1. The molecule has 19 heavy (non-hydrogen) atoms. The molecule has 0 fully saturated rings. The molecule has 0 saturated carbocycles. The molecular weight excluding hydrogens is 262 g/mol. The molecule has 2 rings (SSSR count). The van der Waals surface area contributed by atoms with Crippen LogP contribution in [0.5, 0.6) is 0 Å². The van der Waals surface area contributed by atoms with Gasteiger partial charge in [0.25, 0.3) is 0 Å². The summed E-state index contributed by atoms with van der Waals surface area (Å²) in [5.41, 5.74) is 4.80. The summed E-state index contributed by atoms with van der Waals surface area (Å²) in [6.07, 6.45) is 1.51. The van der Waals surface area contributed by atoms with E-state index in [0.29, 0.717) is 16.8 Å². The van der Waals surface area contributed by atoms with Crippen LogP contribution in [0.25, 0.3) is 0 Å². The van der Waals surface area contributed by atoms with Gasteiger partial charge in [0.05, 0.1) is 12.2 Å². The Kier molecular flexibility index (Phi) is 4.19. The molecule has 0 bridgehead atoms. The van der Waals surface area contributed by atoms with E-state index in [1.807, 2.05) is 12.1 Å². The van der Waals surface area contributed by atoms with E-state index in [4.69, 9.17) is 17.4 Å². The minimum absolute atomic E-state index is 0.0826. The molecule has 4 N–H and O–H groups in total. The van der Waals surface area contributed by atoms with Crippen molar-refractivity contribution in [3.63, 3.8) is 0 Å². The Balaban J connectivity index is 2.24. The van der Waals surface area contributed by atoms with Gasteiger partial charge in [0.2, 0.25) is 5.95 Å². The van der Waals surface area contributed by atoms with E-state index in [1.165, 1.54) is 17.3 Å². The Bertz CT molecular complexity index is 573. The number of hydrogen-bond acceptors (Lipinski definition) is 5. The summed E-state index contributed by atoms with van der Waals surface area (Å²) in [4.78, 5) is 8.13. The van der Waals surface area contributed by atoms with Gasteiger partial charge < -0.3 is 5.32 Å². The number of nitrogens with zero attached hydrogens (tertiary/aromatic N) is 2. The summed E-state index contributed by atoms with van der Waals surface area (Å²) in [6, 6.07) is 8.25.